The summed E-state index contributed by atoms with van der Waals surface area (Å²) in [7, 11) is 0. The average Bonchev–Trinajstić information content (AvgIpc) is 2.98. The molecule has 0 saturated heterocycles. The maximum atomic E-state index is 5.99. The van der Waals surface area contributed by atoms with Gasteiger partial charge in [-0.15, -0.1) is 0 Å². The maximum Gasteiger partial charge on any atom is 0.120 e. The maximum absolute atomic E-state index is 5.99. The van der Waals surface area contributed by atoms with Crippen molar-refractivity contribution >= 4 is 0 Å². The third-order valence-electron chi connectivity index (χ3n) is 4.19. The molecule has 0 radical (unpaired) electrons. The molecule has 0 bridgehead atoms. The summed E-state index contributed by atoms with van der Waals surface area (Å²) in [6.07, 6.45) is 8.72. The van der Waals surface area contributed by atoms with Gasteiger partial charge in [0.25, 0.3) is 0 Å². The van der Waals surface area contributed by atoms with Gasteiger partial charge < -0.3 is 14.5 Å². The van der Waals surface area contributed by atoms with Crippen molar-refractivity contribution in [3.63, 3.8) is 0 Å². The van der Waals surface area contributed by atoms with E-state index in [0.717, 1.165) is 24.8 Å². The van der Waals surface area contributed by atoms with Gasteiger partial charge in [-0.3, -0.25) is 0 Å². The molecule has 3 unspecified atom stereocenters. The number of rotatable bonds is 7. The molecular formula is C16H27NO2. The Morgan fingerprint density at radius 1 is 1.47 bits per heavy atom. The molecule has 0 spiro atoms. The van der Waals surface area contributed by atoms with Gasteiger partial charge in [0.15, 0.2) is 0 Å². The standard InChI is InChI=1S/C16H27NO2/c1-3-14-6-4-7-15(12-14)18-11-9-17-13(2)16-8-5-10-19-16/h5,8,10,13-15,17H,3-4,6-7,9,11-12H2,1-2H3. The molecule has 1 aliphatic carbocycles. The summed E-state index contributed by atoms with van der Waals surface area (Å²) >= 11 is 0. The van der Waals surface area contributed by atoms with Crippen LogP contribution in [0.1, 0.15) is 57.8 Å². The lowest BCUT2D eigenvalue weighted by Crippen LogP contribution is -2.28. The quantitative estimate of drug-likeness (QED) is 0.759. The third kappa shape index (κ3) is 4.66. The van der Waals surface area contributed by atoms with E-state index in [9.17, 15) is 0 Å². The van der Waals surface area contributed by atoms with E-state index in [4.69, 9.17) is 9.15 Å². The van der Waals surface area contributed by atoms with Gasteiger partial charge in [0.05, 0.1) is 25.0 Å². The Kier molecular flexibility index (Phi) is 5.93. The molecule has 1 aromatic heterocycles. The Labute approximate surface area is 116 Å². The minimum Gasteiger partial charge on any atom is -0.468 e. The fourth-order valence-corrected chi connectivity index (χ4v) is 2.90. The van der Waals surface area contributed by atoms with E-state index < -0.39 is 0 Å². The van der Waals surface area contributed by atoms with Gasteiger partial charge >= 0.3 is 0 Å². The Morgan fingerprint density at radius 3 is 3.11 bits per heavy atom. The lowest BCUT2D eigenvalue weighted by Gasteiger charge is -2.28. The molecule has 1 saturated carbocycles. The topological polar surface area (TPSA) is 34.4 Å². The van der Waals surface area contributed by atoms with Crippen LogP contribution in [0.2, 0.25) is 0 Å². The van der Waals surface area contributed by atoms with Gasteiger partial charge in [-0.1, -0.05) is 26.2 Å². The van der Waals surface area contributed by atoms with Gasteiger partial charge in [0.1, 0.15) is 5.76 Å². The predicted octanol–water partition coefficient (Wildman–Crippen LogP) is 3.92. The van der Waals surface area contributed by atoms with E-state index >= 15 is 0 Å². The molecule has 1 aliphatic rings. The molecule has 1 heterocycles. The molecule has 1 fully saturated rings. The lowest BCUT2D eigenvalue weighted by atomic mass is 9.85. The first-order valence-corrected chi connectivity index (χ1v) is 7.68. The summed E-state index contributed by atoms with van der Waals surface area (Å²) in [5, 5.41) is 3.43. The van der Waals surface area contributed by atoms with Crippen molar-refractivity contribution in [1.82, 2.24) is 5.32 Å². The molecule has 0 aliphatic heterocycles. The summed E-state index contributed by atoms with van der Waals surface area (Å²) in [5.74, 6) is 1.87. The molecule has 0 amide bonds. The minimum absolute atomic E-state index is 0.258. The van der Waals surface area contributed by atoms with E-state index in [2.05, 4.69) is 19.2 Å². The average molecular weight is 265 g/mol. The van der Waals surface area contributed by atoms with Crippen molar-refractivity contribution in [2.24, 2.45) is 5.92 Å². The first-order chi connectivity index (χ1) is 9.29. The largest absolute Gasteiger partial charge is 0.468 e. The van der Waals surface area contributed by atoms with E-state index in [-0.39, 0.29) is 6.04 Å². The smallest absolute Gasteiger partial charge is 0.120 e. The van der Waals surface area contributed by atoms with Crippen molar-refractivity contribution in [2.75, 3.05) is 13.2 Å². The van der Waals surface area contributed by atoms with Crippen LogP contribution < -0.4 is 5.32 Å². The second kappa shape index (κ2) is 7.71. The van der Waals surface area contributed by atoms with E-state index in [1.807, 2.05) is 12.1 Å². The molecule has 19 heavy (non-hydrogen) atoms. The summed E-state index contributed by atoms with van der Waals surface area (Å²) in [6.45, 7) is 6.09. The van der Waals surface area contributed by atoms with Crippen LogP contribution >= 0.6 is 0 Å². The molecule has 1 aromatic rings. The Hall–Kier alpha value is -0.800. The van der Waals surface area contributed by atoms with Gasteiger partial charge in [0, 0.05) is 6.54 Å². The number of furan rings is 1. The molecular weight excluding hydrogens is 238 g/mol. The zero-order chi connectivity index (χ0) is 13.5. The highest BCUT2D eigenvalue weighted by molar-refractivity contribution is 5.02. The van der Waals surface area contributed by atoms with Crippen LogP contribution in [0, 0.1) is 5.92 Å². The van der Waals surface area contributed by atoms with Crippen LogP contribution in [0.4, 0.5) is 0 Å². The minimum atomic E-state index is 0.258. The predicted molar refractivity (Wildman–Crippen MR) is 77.1 cm³/mol. The highest BCUT2D eigenvalue weighted by Gasteiger charge is 2.20. The molecule has 3 nitrogen and oxygen atoms in total. The van der Waals surface area contributed by atoms with Crippen LogP contribution in [-0.4, -0.2) is 19.3 Å². The normalized spacial score (nSPS) is 25.4. The zero-order valence-corrected chi connectivity index (χ0v) is 12.2. The molecule has 2 rings (SSSR count). The van der Waals surface area contributed by atoms with Crippen LogP contribution in [-0.2, 0) is 4.74 Å². The van der Waals surface area contributed by atoms with Crippen LogP contribution in [0.3, 0.4) is 0 Å². The van der Waals surface area contributed by atoms with Crippen LogP contribution in [0.15, 0.2) is 22.8 Å². The molecule has 0 aromatic carbocycles. The Morgan fingerprint density at radius 2 is 2.37 bits per heavy atom. The van der Waals surface area contributed by atoms with E-state index in [1.165, 1.54) is 32.1 Å². The number of nitrogens with one attached hydrogen (secondary N) is 1. The number of hydrogen-bond donors (Lipinski definition) is 1. The first-order valence-electron chi connectivity index (χ1n) is 7.68. The Bertz CT molecular complexity index is 337. The van der Waals surface area contributed by atoms with Crippen molar-refractivity contribution < 1.29 is 9.15 Å². The number of ether oxygens (including phenoxy) is 1. The summed E-state index contributed by atoms with van der Waals surface area (Å²) in [4.78, 5) is 0. The second-order valence-corrected chi connectivity index (χ2v) is 5.62. The number of hydrogen-bond acceptors (Lipinski definition) is 3. The van der Waals surface area contributed by atoms with Gasteiger partial charge in [-0.25, -0.2) is 0 Å². The van der Waals surface area contributed by atoms with Crippen LogP contribution in [0.25, 0.3) is 0 Å². The van der Waals surface area contributed by atoms with E-state index in [0.29, 0.717) is 6.10 Å². The second-order valence-electron chi connectivity index (χ2n) is 5.62. The Balaban J connectivity index is 1.59. The van der Waals surface area contributed by atoms with Gasteiger partial charge in [-0.05, 0) is 37.8 Å². The highest BCUT2D eigenvalue weighted by Crippen LogP contribution is 2.28. The first kappa shape index (κ1) is 14.6. The lowest BCUT2D eigenvalue weighted by molar-refractivity contribution is 0.0134. The molecule has 3 atom stereocenters. The SMILES string of the molecule is CCC1CCCC(OCCNC(C)c2ccco2)C1. The van der Waals surface area contributed by atoms with Gasteiger partial charge in [0.2, 0.25) is 0 Å². The summed E-state index contributed by atoms with van der Waals surface area (Å²) < 4.78 is 11.4. The molecule has 1 N–H and O–H groups in total. The fraction of sp³-hybridized carbons (Fsp3) is 0.750. The van der Waals surface area contributed by atoms with Crippen molar-refractivity contribution in [2.45, 2.75) is 58.1 Å². The van der Waals surface area contributed by atoms with Crippen molar-refractivity contribution in [3.05, 3.63) is 24.2 Å². The fourth-order valence-electron chi connectivity index (χ4n) is 2.90. The van der Waals surface area contributed by atoms with Crippen LogP contribution in [0.5, 0.6) is 0 Å². The van der Waals surface area contributed by atoms with Gasteiger partial charge in [-0.2, -0.15) is 0 Å². The van der Waals surface area contributed by atoms with Crippen molar-refractivity contribution in [1.29, 1.82) is 0 Å². The highest BCUT2D eigenvalue weighted by atomic mass is 16.5. The monoisotopic (exact) mass is 265 g/mol. The zero-order valence-electron chi connectivity index (χ0n) is 12.2. The van der Waals surface area contributed by atoms with E-state index in [1.54, 1.807) is 6.26 Å². The summed E-state index contributed by atoms with van der Waals surface area (Å²) in [6, 6.07) is 4.19. The molecule has 3 heteroatoms. The third-order valence-corrected chi connectivity index (χ3v) is 4.19. The summed E-state index contributed by atoms with van der Waals surface area (Å²) in [5.41, 5.74) is 0. The van der Waals surface area contributed by atoms with Crippen molar-refractivity contribution in [3.8, 4) is 0 Å². The molecule has 108 valence electrons.